The van der Waals surface area contributed by atoms with Crippen LogP contribution >= 0.6 is 0 Å². The summed E-state index contributed by atoms with van der Waals surface area (Å²) >= 11 is 0. The highest BCUT2D eigenvalue weighted by Gasteiger charge is 2.20. The van der Waals surface area contributed by atoms with Gasteiger partial charge >= 0.3 is 6.09 Å². The zero-order chi connectivity index (χ0) is 13.9. The average molecular weight is 271 g/mol. The molecule has 1 aromatic carbocycles. The molecule has 0 atom stereocenters. The summed E-state index contributed by atoms with van der Waals surface area (Å²) in [4.78, 5) is 19.0. The van der Waals surface area contributed by atoms with Gasteiger partial charge in [0.2, 0.25) is 0 Å². The van der Waals surface area contributed by atoms with Crippen molar-refractivity contribution in [2.45, 2.75) is 6.54 Å². The molecule has 1 saturated heterocycles. The van der Waals surface area contributed by atoms with Crippen molar-refractivity contribution in [3.8, 4) is 0 Å². The molecule has 1 N–H and O–H groups in total. The number of carbonyl (C=O) groups is 1. The van der Waals surface area contributed by atoms with Crippen molar-refractivity contribution in [2.24, 2.45) is 0 Å². The normalized spacial score (nSPS) is 16.5. The minimum Gasteiger partial charge on any atom is -0.465 e. The van der Waals surface area contributed by atoms with Gasteiger partial charge < -0.3 is 10.0 Å². The van der Waals surface area contributed by atoms with E-state index in [2.05, 4.69) is 16.0 Å². The predicted molar refractivity (Wildman–Crippen MR) is 76.6 cm³/mol. The Labute approximate surface area is 117 Å². The lowest BCUT2D eigenvalue weighted by Gasteiger charge is -2.33. The van der Waals surface area contributed by atoms with Crippen LogP contribution in [0.5, 0.6) is 0 Å². The van der Waals surface area contributed by atoms with Gasteiger partial charge in [0.25, 0.3) is 0 Å². The van der Waals surface area contributed by atoms with E-state index in [0.717, 1.165) is 25.2 Å². The quantitative estimate of drug-likeness (QED) is 0.908. The summed E-state index contributed by atoms with van der Waals surface area (Å²) in [7, 11) is 0. The number of hydrogen-bond acceptors (Lipinski definition) is 3. The lowest BCUT2D eigenvalue weighted by molar-refractivity contribution is 0.103. The van der Waals surface area contributed by atoms with E-state index in [1.54, 1.807) is 0 Å². The molecule has 0 saturated carbocycles. The van der Waals surface area contributed by atoms with Gasteiger partial charge in [-0.25, -0.2) is 4.79 Å². The lowest BCUT2D eigenvalue weighted by atomic mass is 10.1. The summed E-state index contributed by atoms with van der Waals surface area (Å²) in [5.41, 5.74) is 2.26. The number of benzene rings is 1. The molecule has 1 aromatic heterocycles. The van der Waals surface area contributed by atoms with Crippen molar-refractivity contribution < 1.29 is 9.90 Å². The number of pyridine rings is 1. The largest absolute Gasteiger partial charge is 0.465 e. The van der Waals surface area contributed by atoms with E-state index in [1.165, 1.54) is 15.8 Å². The number of aromatic nitrogens is 1. The van der Waals surface area contributed by atoms with E-state index in [1.807, 2.05) is 30.5 Å². The molecule has 0 spiro atoms. The van der Waals surface area contributed by atoms with Crippen LogP contribution in [0.4, 0.5) is 4.79 Å². The maximum atomic E-state index is 10.9. The summed E-state index contributed by atoms with van der Waals surface area (Å²) in [6.45, 7) is 3.57. The van der Waals surface area contributed by atoms with Gasteiger partial charge in [-0.05, 0) is 17.7 Å². The molecule has 20 heavy (non-hydrogen) atoms. The van der Waals surface area contributed by atoms with Gasteiger partial charge in [0, 0.05) is 44.3 Å². The smallest absolute Gasteiger partial charge is 0.407 e. The Kier molecular flexibility index (Phi) is 3.52. The summed E-state index contributed by atoms with van der Waals surface area (Å²) in [5, 5.41) is 10.1. The van der Waals surface area contributed by atoms with Crippen molar-refractivity contribution in [1.82, 2.24) is 14.8 Å². The summed E-state index contributed by atoms with van der Waals surface area (Å²) in [6.07, 6.45) is 1.02. The molecule has 0 radical (unpaired) electrons. The number of para-hydroxylation sites is 1. The number of hydrogen-bond donors (Lipinski definition) is 1. The molecule has 3 rings (SSSR count). The highest BCUT2D eigenvalue weighted by Crippen LogP contribution is 2.18. The Morgan fingerprint density at radius 1 is 1.15 bits per heavy atom. The fourth-order valence-corrected chi connectivity index (χ4v) is 2.63. The van der Waals surface area contributed by atoms with Crippen molar-refractivity contribution in [2.75, 3.05) is 26.2 Å². The third kappa shape index (κ3) is 2.58. The summed E-state index contributed by atoms with van der Waals surface area (Å²) in [6, 6.07) is 10.2. The molecule has 2 aromatic rings. The number of rotatable bonds is 2. The van der Waals surface area contributed by atoms with Gasteiger partial charge in [0.1, 0.15) is 0 Å². The van der Waals surface area contributed by atoms with Gasteiger partial charge in [-0.15, -0.1) is 0 Å². The van der Waals surface area contributed by atoms with Crippen molar-refractivity contribution >= 4 is 17.0 Å². The zero-order valence-electron chi connectivity index (χ0n) is 11.2. The molecule has 1 aliphatic rings. The molecule has 0 aliphatic carbocycles. The Hall–Kier alpha value is -2.14. The Morgan fingerprint density at radius 2 is 1.90 bits per heavy atom. The molecule has 5 nitrogen and oxygen atoms in total. The van der Waals surface area contributed by atoms with E-state index in [-0.39, 0.29) is 0 Å². The van der Waals surface area contributed by atoms with Crippen LogP contribution in [0.15, 0.2) is 36.5 Å². The predicted octanol–water partition coefficient (Wildman–Crippen LogP) is 2.03. The first-order chi connectivity index (χ1) is 9.74. The van der Waals surface area contributed by atoms with E-state index < -0.39 is 6.09 Å². The fourth-order valence-electron chi connectivity index (χ4n) is 2.63. The van der Waals surface area contributed by atoms with Crippen LogP contribution in [0.2, 0.25) is 0 Å². The minimum atomic E-state index is -0.820. The Morgan fingerprint density at radius 3 is 2.65 bits per heavy atom. The number of fused-ring (bicyclic) bond motifs is 1. The van der Waals surface area contributed by atoms with Gasteiger partial charge in [-0.2, -0.15) is 0 Å². The molecule has 0 unspecified atom stereocenters. The molecule has 1 aliphatic heterocycles. The highest BCUT2D eigenvalue weighted by atomic mass is 16.4. The third-order valence-corrected chi connectivity index (χ3v) is 3.78. The number of amides is 1. The first-order valence-electron chi connectivity index (χ1n) is 6.77. The molecule has 5 heteroatoms. The van der Waals surface area contributed by atoms with Gasteiger partial charge in [-0.1, -0.05) is 18.2 Å². The van der Waals surface area contributed by atoms with Crippen LogP contribution in [0.1, 0.15) is 5.56 Å². The Bertz CT molecular complexity index is 616. The summed E-state index contributed by atoms with van der Waals surface area (Å²) in [5.74, 6) is 0. The first-order valence-corrected chi connectivity index (χ1v) is 6.77. The van der Waals surface area contributed by atoms with Gasteiger partial charge in [-0.3, -0.25) is 9.88 Å². The molecular formula is C15H17N3O2. The first kappa shape index (κ1) is 12.9. The molecule has 104 valence electrons. The monoisotopic (exact) mass is 271 g/mol. The minimum absolute atomic E-state index is 0.582. The van der Waals surface area contributed by atoms with Gasteiger partial charge in [0.15, 0.2) is 0 Å². The SMILES string of the molecule is O=C(O)N1CCN(Cc2ccnc3ccccc23)CC1. The average Bonchev–Trinajstić information content (AvgIpc) is 2.48. The van der Waals surface area contributed by atoms with Crippen molar-refractivity contribution in [3.05, 3.63) is 42.1 Å². The van der Waals surface area contributed by atoms with Crippen LogP contribution in [-0.2, 0) is 6.54 Å². The van der Waals surface area contributed by atoms with Gasteiger partial charge in [0.05, 0.1) is 5.52 Å². The highest BCUT2D eigenvalue weighted by molar-refractivity contribution is 5.81. The maximum absolute atomic E-state index is 10.9. The molecule has 1 amide bonds. The molecular weight excluding hydrogens is 254 g/mol. The Balaban J connectivity index is 1.73. The van der Waals surface area contributed by atoms with Crippen LogP contribution in [0, 0.1) is 0 Å². The number of carboxylic acid groups (broad SMARTS) is 1. The van der Waals surface area contributed by atoms with Crippen LogP contribution < -0.4 is 0 Å². The second-order valence-corrected chi connectivity index (χ2v) is 5.03. The van der Waals surface area contributed by atoms with Crippen LogP contribution in [-0.4, -0.2) is 52.2 Å². The van der Waals surface area contributed by atoms with Crippen LogP contribution in [0.25, 0.3) is 10.9 Å². The van der Waals surface area contributed by atoms with Crippen molar-refractivity contribution in [1.29, 1.82) is 0 Å². The third-order valence-electron chi connectivity index (χ3n) is 3.78. The molecule has 0 bridgehead atoms. The molecule has 1 fully saturated rings. The van der Waals surface area contributed by atoms with Crippen molar-refractivity contribution in [3.63, 3.8) is 0 Å². The maximum Gasteiger partial charge on any atom is 0.407 e. The standard InChI is InChI=1S/C15H17N3O2/c19-15(20)18-9-7-17(8-10-18)11-12-5-6-16-14-4-2-1-3-13(12)14/h1-6H,7-11H2,(H,19,20). The summed E-state index contributed by atoms with van der Waals surface area (Å²) < 4.78 is 0. The number of nitrogens with zero attached hydrogens (tertiary/aromatic N) is 3. The van der Waals surface area contributed by atoms with E-state index in [0.29, 0.717) is 13.1 Å². The van der Waals surface area contributed by atoms with E-state index >= 15 is 0 Å². The molecule has 2 heterocycles. The zero-order valence-corrected chi connectivity index (χ0v) is 11.2. The van der Waals surface area contributed by atoms with E-state index in [4.69, 9.17) is 5.11 Å². The topological polar surface area (TPSA) is 56.7 Å². The fraction of sp³-hybridized carbons (Fsp3) is 0.333. The number of piperazine rings is 1. The lowest BCUT2D eigenvalue weighted by Crippen LogP contribution is -2.47. The second kappa shape index (κ2) is 5.46. The second-order valence-electron chi connectivity index (χ2n) is 5.03. The van der Waals surface area contributed by atoms with E-state index in [9.17, 15) is 4.79 Å². The van der Waals surface area contributed by atoms with Crippen LogP contribution in [0.3, 0.4) is 0 Å².